The first-order valence-electron chi connectivity index (χ1n) is 8.46. The van der Waals surface area contributed by atoms with Crippen molar-refractivity contribution < 1.29 is 22.9 Å². The molecule has 9 heteroatoms. The van der Waals surface area contributed by atoms with Gasteiger partial charge in [0.2, 0.25) is 0 Å². The predicted octanol–water partition coefficient (Wildman–Crippen LogP) is 2.31. The zero-order chi connectivity index (χ0) is 20.1. The van der Waals surface area contributed by atoms with E-state index in [9.17, 15) is 23.3 Å². The Morgan fingerprint density at radius 1 is 1.14 bits per heavy atom. The van der Waals surface area contributed by atoms with Crippen LogP contribution in [0.25, 0.3) is 0 Å². The van der Waals surface area contributed by atoms with E-state index in [-0.39, 0.29) is 30.5 Å². The van der Waals surface area contributed by atoms with Gasteiger partial charge in [-0.2, -0.15) is 0 Å². The summed E-state index contributed by atoms with van der Waals surface area (Å²) in [7, 11) is -3.33. The van der Waals surface area contributed by atoms with E-state index in [4.69, 9.17) is 4.74 Å². The molecule has 1 amide bonds. The van der Waals surface area contributed by atoms with Gasteiger partial charge in [0.1, 0.15) is 5.75 Å². The SMILES string of the molecule is O=C(COc1ccc([N+](=O)[O-])cc1)N(Cc1ccccc1)[C@H]1C=CS(=O)(=O)C1. The van der Waals surface area contributed by atoms with Gasteiger partial charge in [0, 0.05) is 24.1 Å². The van der Waals surface area contributed by atoms with Crippen molar-refractivity contribution in [3.63, 3.8) is 0 Å². The van der Waals surface area contributed by atoms with Gasteiger partial charge in [-0.05, 0) is 23.8 Å². The van der Waals surface area contributed by atoms with Gasteiger partial charge in [0.05, 0.1) is 16.7 Å². The van der Waals surface area contributed by atoms with Crippen molar-refractivity contribution in [2.24, 2.45) is 0 Å². The van der Waals surface area contributed by atoms with Gasteiger partial charge in [-0.3, -0.25) is 14.9 Å². The van der Waals surface area contributed by atoms with E-state index in [1.54, 1.807) is 0 Å². The summed E-state index contributed by atoms with van der Waals surface area (Å²) in [6, 6.07) is 14.1. The molecule has 1 aliphatic heterocycles. The molecule has 3 rings (SSSR count). The first kappa shape index (κ1) is 19.6. The molecule has 0 unspecified atom stereocenters. The van der Waals surface area contributed by atoms with E-state index in [1.165, 1.54) is 35.2 Å². The predicted molar refractivity (Wildman–Crippen MR) is 102 cm³/mol. The number of non-ortho nitro benzene ring substituents is 1. The summed E-state index contributed by atoms with van der Waals surface area (Å²) in [5, 5.41) is 11.8. The summed E-state index contributed by atoms with van der Waals surface area (Å²) in [6.07, 6.45) is 1.50. The number of nitrogens with zero attached hydrogens (tertiary/aromatic N) is 2. The van der Waals surface area contributed by atoms with Crippen molar-refractivity contribution in [1.82, 2.24) is 4.90 Å². The lowest BCUT2D eigenvalue weighted by Gasteiger charge is -2.27. The van der Waals surface area contributed by atoms with E-state index in [2.05, 4.69) is 0 Å². The van der Waals surface area contributed by atoms with E-state index in [0.717, 1.165) is 11.0 Å². The summed E-state index contributed by atoms with van der Waals surface area (Å²) >= 11 is 0. The normalized spacial score (nSPS) is 17.2. The number of carbonyl (C=O) groups excluding carboxylic acids is 1. The quantitative estimate of drug-likeness (QED) is 0.520. The molecule has 2 aromatic rings. The summed E-state index contributed by atoms with van der Waals surface area (Å²) in [4.78, 5) is 24.4. The molecule has 0 spiro atoms. The van der Waals surface area contributed by atoms with Crippen LogP contribution in [-0.2, 0) is 21.2 Å². The maximum atomic E-state index is 12.8. The molecule has 0 fully saturated rings. The van der Waals surface area contributed by atoms with Crippen LogP contribution in [0.3, 0.4) is 0 Å². The third kappa shape index (κ3) is 4.95. The van der Waals surface area contributed by atoms with Crippen molar-refractivity contribution in [3.05, 3.63) is 81.8 Å². The zero-order valence-corrected chi connectivity index (χ0v) is 15.6. The fraction of sp³-hybridized carbons (Fsp3) is 0.211. The van der Waals surface area contributed by atoms with Crippen molar-refractivity contribution in [3.8, 4) is 5.75 Å². The molecule has 1 heterocycles. The number of ether oxygens (including phenoxy) is 1. The largest absolute Gasteiger partial charge is 0.484 e. The third-order valence-corrected chi connectivity index (χ3v) is 5.62. The minimum atomic E-state index is -3.33. The first-order chi connectivity index (χ1) is 13.3. The average molecular weight is 402 g/mol. The molecule has 0 bridgehead atoms. The molecule has 146 valence electrons. The van der Waals surface area contributed by atoms with Gasteiger partial charge in [-0.25, -0.2) is 8.42 Å². The number of amides is 1. The highest BCUT2D eigenvalue weighted by molar-refractivity contribution is 7.94. The topological polar surface area (TPSA) is 107 Å². The molecule has 0 aromatic heterocycles. The van der Waals surface area contributed by atoms with Crippen LogP contribution in [0.15, 0.2) is 66.1 Å². The number of rotatable bonds is 7. The third-order valence-electron chi connectivity index (χ3n) is 4.24. The summed E-state index contributed by atoms with van der Waals surface area (Å²) in [5.41, 5.74) is 0.787. The molecule has 0 saturated heterocycles. The van der Waals surface area contributed by atoms with Crippen molar-refractivity contribution in [1.29, 1.82) is 0 Å². The Morgan fingerprint density at radius 3 is 2.39 bits per heavy atom. The van der Waals surface area contributed by atoms with Crippen LogP contribution in [0.1, 0.15) is 5.56 Å². The Labute approximate surface area is 162 Å². The van der Waals surface area contributed by atoms with Crippen LogP contribution in [0, 0.1) is 10.1 Å². The molecule has 8 nitrogen and oxygen atoms in total. The molecule has 0 aliphatic carbocycles. The standard InChI is InChI=1S/C19H18N2O6S/c22-19(13-27-18-8-6-16(7-9-18)21(23)24)20(12-15-4-2-1-3-5-15)17-10-11-28(25,26)14-17/h1-11,17H,12-14H2/t17-/m0/s1. The zero-order valence-electron chi connectivity index (χ0n) is 14.8. The van der Waals surface area contributed by atoms with Gasteiger partial charge < -0.3 is 9.64 Å². The van der Waals surface area contributed by atoms with Crippen LogP contribution < -0.4 is 4.74 Å². The van der Waals surface area contributed by atoms with Crippen LogP contribution in [0.4, 0.5) is 5.69 Å². The highest BCUT2D eigenvalue weighted by Gasteiger charge is 2.30. The monoisotopic (exact) mass is 402 g/mol. The second-order valence-electron chi connectivity index (χ2n) is 6.27. The minimum absolute atomic E-state index is 0.0781. The molecule has 0 radical (unpaired) electrons. The van der Waals surface area contributed by atoms with Crippen LogP contribution in [0.5, 0.6) is 5.75 Å². The molecular weight excluding hydrogens is 384 g/mol. The first-order valence-corrected chi connectivity index (χ1v) is 10.2. The van der Waals surface area contributed by atoms with Crippen LogP contribution in [0.2, 0.25) is 0 Å². The summed E-state index contributed by atoms with van der Waals surface area (Å²) in [6.45, 7) is -0.0666. The summed E-state index contributed by atoms with van der Waals surface area (Å²) < 4.78 is 29.0. The molecular formula is C19H18N2O6S. The Balaban J connectivity index is 1.71. The molecule has 1 aliphatic rings. The Bertz CT molecular complexity index is 987. The van der Waals surface area contributed by atoms with Crippen LogP contribution in [-0.4, -0.2) is 42.5 Å². The molecule has 1 atom stereocenters. The Kier molecular flexibility index (Phi) is 5.74. The second kappa shape index (κ2) is 8.22. The maximum Gasteiger partial charge on any atom is 0.269 e. The van der Waals surface area contributed by atoms with E-state index in [1.807, 2.05) is 30.3 Å². The number of carbonyl (C=O) groups is 1. The van der Waals surface area contributed by atoms with Crippen molar-refractivity contribution >= 4 is 21.4 Å². The number of hydrogen-bond acceptors (Lipinski definition) is 6. The lowest BCUT2D eigenvalue weighted by atomic mass is 10.2. The fourth-order valence-electron chi connectivity index (χ4n) is 2.82. The van der Waals surface area contributed by atoms with Crippen molar-refractivity contribution in [2.75, 3.05) is 12.4 Å². The Hall–Kier alpha value is -3.20. The van der Waals surface area contributed by atoms with Crippen molar-refractivity contribution in [2.45, 2.75) is 12.6 Å². The average Bonchev–Trinajstić information content (AvgIpc) is 3.04. The highest BCUT2D eigenvalue weighted by Crippen LogP contribution is 2.20. The number of hydrogen-bond donors (Lipinski definition) is 0. The maximum absolute atomic E-state index is 12.8. The van der Waals surface area contributed by atoms with E-state index >= 15 is 0 Å². The second-order valence-corrected chi connectivity index (χ2v) is 8.20. The number of sulfone groups is 1. The molecule has 0 N–H and O–H groups in total. The van der Waals surface area contributed by atoms with Gasteiger partial charge in [-0.15, -0.1) is 0 Å². The number of nitro groups is 1. The number of benzene rings is 2. The summed E-state index contributed by atoms with van der Waals surface area (Å²) in [5.74, 6) is -0.231. The van der Waals surface area contributed by atoms with E-state index < -0.39 is 20.8 Å². The highest BCUT2D eigenvalue weighted by atomic mass is 32.2. The number of nitro benzene ring substituents is 1. The fourth-order valence-corrected chi connectivity index (χ4v) is 4.11. The van der Waals surface area contributed by atoms with Gasteiger partial charge in [0.25, 0.3) is 11.6 Å². The molecule has 2 aromatic carbocycles. The van der Waals surface area contributed by atoms with Gasteiger partial charge >= 0.3 is 0 Å². The lowest BCUT2D eigenvalue weighted by molar-refractivity contribution is -0.384. The van der Waals surface area contributed by atoms with Gasteiger partial charge in [-0.1, -0.05) is 30.3 Å². The lowest BCUT2D eigenvalue weighted by Crippen LogP contribution is -2.42. The smallest absolute Gasteiger partial charge is 0.269 e. The molecule has 28 heavy (non-hydrogen) atoms. The van der Waals surface area contributed by atoms with E-state index in [0.29, 0.717) is 5.75 Å². The van der Waals surface area contributed by atoms with Gasteiger partial charge in [0.15, 0.2) is 16.4 Å². The Morgan fingerprint density at radius 2 is 1.82 bits per heavy atom. The minimum Gasteiger partial charge on any atom is -0.484 e. The molecule has 0 saturated carbocycles. The van der Waals surface area contributed by atoms with Crippen LogP contribution >= 0.6 is 0 Å².